The Kier molecular flexibility index (Phi) is 5.42. The van der Waals surface area contributed by atoms with Crippen LogP contribution in [0.1, 0.15) is 19.8 Å². The van der Waals surface area contributed by atoms with E-state index in [1.54, 1.807) is 12.0 Å². The molecule has 0 aliphatic carbocycles. The first kappa shape index (κ1) is 12.3. The second kappa shape index (κ2) is 6.63. The Morgan fingerprint density at radius 1 is 1.40 bits per heavy atom. The zero-order valence-electron chi connectivity index (χ0n) is 9.49. The molecule has 0 aromatic rings. The Bertz CT molecular complexity index is 191. The molecule has 1 rings (SSSR count). The number of nitrogens with one attached hydrogen (secondary N) is 1. The van der Waals surface area contributed by atoms with Crippen molar-refractivity contribution in [3.63, 3.8) is 0 Å². The Hall–Kier alpha value is -0.810. The minimum Gasteiger partial charge on any atom is -0.382 e. The van der Waals surface area contributed by atoms with Crippen LogP contribution in [0.2, 0.25) is 0 Å². The molecule has 1 fully saturated rings. The number of rotatable bonds is 4. The van der Waals surface area contributed by atoms with Crippen molar-refractivity contribution in [2.24, 2.45) is 5.92 Å². The van der Waals surface area contributed by atoms with Gasteiger partial charge in [0.1, 0.15) is 0 Å². The molecule has 5 nitrogen and oxygen atoms in total. The fraction of sp³-hybridized carbons (Fsp3) is 0.900. The van der Waals surface area contributed by atoms with Crippen LogP contribution in [0, 0.1) is 5.92 Å². The molecule has 0 aromatic heterocycles. The molecule has 0 aromatic carbocycles. The summed E-state index contributed by atoms with van der Waals surface area (Å²) in [7, 11) is 1.59. The fourth-order valence-corrected chi connectivity index (χ4v) is 1.51. The molecule has 2 amide bonds. The summed E-state index contributed by atoms with van der Waals surface area (Å²) in [6, 6.07) is -0.141. The maximum atomic E-state index is 11.5. The van der Waals surface area contributed by atoms with Crippen LogP contribution in [0.4, 0.5) is 4.79 Å². The monoisotopic (exact) mass is 216 g/mol. The molecule has 1 saturated heterocycles. The number of hydroxylamine groups is 1. The molecule has 0 atom stereocenters. The number of hydrogen-bond donors (Lipinski definition) is 1. The summed E-state index contributed by atoms with van der Waals surface area (Å²) in [5.74, 6) is 0.725. The van der Waals surface area contributed by atoms with E-state index in [9.17, 15) is 4.79 Å². The van der Waals surface area contributed by atoms with Crippen molar-refractivity contribution in [1.82, 2.24) is 10.4 Å². The van der Waals surface area contributed by atoms with E-state index in [0.717, 1.165) is 31.8 Å². The van der Waals surface area contributed by atoms with E-state index in [1.165, 1.54) is 0 Å². The van der Waals surface area contributed by atoms with Crippen LogP contribution in [0.3, 0.4) is 0 Å². The van der Waals surface area contributed by atoms with Crippen molar-refractivity contribution in [2.45, 2.75) is 19.8 Å². The number of methoxy groups -OCH3 is 1. The Morgan fingerprint density at radius 2 is 2.07 bits per heavy atom. The first-order valence-corrected chi connectivity index (χ1v) is 5.39. The van der Waals surface area contributed by atoms with Crippen LogP contribution in [0.15, 0.2) is 0 Å². The molecule has 1 aliphatic heterocycles. The second-order valence-corrected chi connectivity index (χ2v) is 3.92. The van der Waals surface area contributed by atoms with Gasteiger partial charge in [-0.05, 0) is 18.8 Å². The van der Waals surface area contributed by atoms with Crippen molar-refractivity contribution in [3.8, 4) is 0 Å². The SMILES string of the molecule is COCCONC(=O)N1CCC(C)CC1. The standard InChI is InChI=1S/C10H20N2O3/c1-9-3-5-12(6-4-9)10(13)11-15-8-7-14-2/h9H,3-8H2,1-2H3,(H,11,13). The molecule has 0 saturated carbocycles. The first-order valence-electron chi connectivity index (χ1n) is 5.39. The molecule has 1 heterocycles. The van der Waals surface area contributed by atoms with Gasteiger partial charge in [-0.2, -0.15) is 0 Å². The molecule has 0 bridgehead atoms. The van der Waals surface area contributed by atoms with Gasteiger partial charge in [-0.1, -0.05) is 6.92 Å². The number of urea groups is 1. The number of amides is 2. The summed E-state index contributed by atoms with van der Waals surface area (Å²) in [4.78, 5) is 18.3. The largest absolute Gasteiger partial charge is 0.382 e. The molecular weight excluding hydrogens is 196 g/mol. The van der Waals surface area contributed by atoms with Gasteiger partial charge in [0.2, 0.25) is 0 Å². The normalized spacial score (nSPS) is 17.9. The molecule has 0 radical (unpaired) electrons. The highest BCUT2D eigenvalue weighted by atomic mass is 16.7. The van der Waals surface area contributed by atoms with Crippen molar-refractivity contribution < 1.29 is 14.4 Å². The molecular formula is C10H20N2O3. The topological polar surface area (TPSA) is 50.8 Å². The minimum absolute atomic E-state index is 0.141. The summed E-state index contributed by atoms with van der Waals surface area (Å²) in [5, 5.41) is 0. The van der Waals surface area contributed by atoms with Crippen LogP contribution >= 0.6 is 0 Å². The number of carbonyl (C=O) groups is 1. The highest BCUT2D eigenvalue weighted by Gasteiger charge is 2.19. The summed E-state index contributed by atoms with van der Waals surface area (Å²) in [5.41, 5.74) is 2.41. The van der Waals surface area contributed by atoms with Crippen LogP contribution in [-0.2, 0) is 9.57 Å². The molecule has 1 aliphatic rings. The molecule has 1 N–H and O–H groups in total. The molecule has 5 heteroatoms. The maximum absolute atomic E-state index is 11.5. The summed E-state index contributed by atoms with van der Waals surface area (Å²) in [6.07, 6.45) is 2.15. The van der Waals surface area contributed by atoms with Gasteiger partial charge in [0.25, 0.3) is 0 Å². The third-order valence-electron chi connectivity index (χ3n) is 2.62. The Morgan fingerprint density at radius 3 is 2.67 bits per heavy atom. The zero-order chi connectivity index (χ0) is 11.1. The van der Waals surface area contributed by atoms with Crippen LogP contribution < -0.4 is 5.48 Å². The third-order valence-corrected chi connectivity index (χ3v) is 2.62. The number of hydrogen-bond acceptors (Lipinski definition) is 3. The Balaban J connectivity index is 2.11. The zero-order valence-corrected chi connectivity index (χ0v) is 9.49. The molecule has 15 heavy (non-hydrogen) atoms. The van der Waals surface area contributed by atoms with Crippen molar-refractivity contribution in [1.29, 1.82) is 0 Å². The fourth-order valence-electron chi connectivity index (χ4n) is 1.51. The summed E-state index contributed by atoms with van der Waals surface area (Å²) in [6.45, 7) is 4.72. The van der Waals surface area contributed by atoms with Gasteiger partial charge in [-0.25, -0.2) is 10.3 Å². The van der Waals surface area contributed by atoms with E-state index < -0.39 is 0 Å². The van der Waals surface area contributed by atoms with Gasteiger partial charge in [0, 0.05) is 20.2 Å². The second-order valence-electron chi connectivity index (χ2n) is 3.92. The van der Waals surface area contributed by atoms with E-state index in [1.807, 2.05) is 0 Å². The Labute approximate surface area is 90.7 Å². The van der Waals surface area contributed by atoms with Crippen molar-refractivity contribution in [3.05, 3.63) is 0 Å². The van der Waals surface area contributed by atoms with E-state index >= 15 is 0 Å². The number of piperidine rings is 1. The average Bonchev–Trinajstić information content (AvgIpc) is 2.25. The quantitative estimate of drug-likeness (QED) is 0.563. The van der Waals surface area contributed by atoms with E-state index in [-0.39, 0.29) is 6.03 Å². The predicted molar refractivity (Wildman–Crippen MR) is 56.3 cm³/mol. The number of nitrogens with zero attached hydrogens (tertiary/aromatic N) is 1. The third kappa shape index (κ3) is 4.48. The lowest BCUT2D eigenvalue weighted by molar-refractivity contribution is 0.0138. The van der Waals surface area contributed by atoms with Gasteiger partial charge in [0.15, 0.2) is 0 Å². The van der Waals surface area contributed by atoms with Gasteiger partial charge in [-0.3, -0.25) is 4.84 Å². The molecule has 0 unspecified atom stereocenters. The summed E-state index contributed by atoms with van der Waals surface area (Å²) < 4.78 is 4.79. The minimum atomic E-state index is -0.141. The number of likely N-dealkylation sites (tertiary alicyclic amines) is 1. The highest BCUT2D eigenvalue weighted by Crippen LogP contribution is 2.15. The van der Waals surface area contributed by atoms with Gasteiger partial charge in [-0.15, -0.1) is 0 Å². The lowest BCUT2D eigenvalue weighted by atomic mass is 10.00. The lowest BCUT2D eigenvalue weighted by Crippen LogP contribution is -2.44. The highest BCUT2D eigenvalue weighted by molar-refractivity contribution is 5.73. The van der Waals surface area contributed by atoms with Gasteiger partial charge in [0.05, 0.1) is 13.2 Å². The van der Waals surface area contributed by atoms with E-state index in [0.29, 0.717) is 13.2 Å². The smallest absolute Gasteiger partial charge is 0.341 e. The number of ether oxygens (including phenoxy) is 1. The number of carbonyl (C=O) groups excluding carboxylic acids is 1. The maximum Gasteiger partial charge on any atom is 0.341 e. The molecule has 88 valence electrons. The van der Waals surface area contributed by atoms with E-state index in [2.05, 4.69) is 12.4 Å². The predicted octanol–water partition coefficient (Wildman–Crippen LogP) is 1.01. The van der Waals surface area contributed by atoms with Crippen LogP contribution in [-0.4, -0.2) is 44.3 Å². The van der Waals surface area contributed by atoms with Gasteiger partial charge < -0.3 is 9.64 Å². The van der Waals surface area contributed by atoms with Crippen molar-refractivity contribution in [2.75, 3.05) is 33.4 Å². The van der Waals surface area contributed by atoms with Crippen LogP contribution in [0.25, 0.3) is 0 Å². The first-order chi connectivity index (χ1) is 7.24. The van der Waals surface area contributed by atoms with Gasteiger partial charge >= 0.3 is 6.03 Å². The average molecular weight is 216 g/mol. The van der Waals surface area contributed by atoms with Crippen molar-refractivity contribution >= 4 is 6.03 Å². The van der Waals surface area contributed by atoms with E-state index in [4.69, 9.17) is 9.57 Å². The van der Waals surface area contributed by atoms with Crippen LogP contribution in [0.5, 0.6) is 0 Å². The summed E-state index contributed by atoms with van der Waals surface area (Å²) >= 11 is 0. The molecule has 0 spiro atoms. The lowest BCUT2D eigenvalue weighted by Gasteiger charge is -2.29.